The number of ether oxygens (including phenoxy) is 4. The maximum Gasteiger partial charge on any atom is 0.586 e. The Morgan fingerprint density at radius 1 is 0.773 bits per heavy atom. The lowest BCUT2D eigenvalue weighted by Crippen LogP contribution is -2.26. The third-order valence-corrected chi connectivity index (χ3v) is 3.05. The fourth-order valence-corrected chi connectivity index (χ4v) is 2.23. The minimum Gasteiger partial charge on any atom is -0.395 e. The summed E-state index contributed by atoms with van der Waals surface area (Å²) >= 11 is 0. The van der Waals surface area contributed by atoms with Crippen molar-refractivity contribution in [2.24, 2.45) is 0 Å². The van der Waals surface area contributed by atoms with E-state index in [4.69, 9.17) is 0 Å². The Kier molecular flexibility index (Phi) is 2.35. The molecule has 0 aromatic heterocycles. The highest BCUT2D eigenvalue weighted by Gasteiger charge is 2.45. The molecule has 0 unspecified atom stereocenters. The molecule has 0 atom stereocenters. The molecule has 4 rings (SSSR count). The zero-order valence-electron chi connectivity index (χ0n) is 10.5. The van der Waals surface area contributed by atoms with E-state index in [2.05, 4.69) is 25.0 Å². The molecule has 8 heteroatoms. The van der Waals surface area contributed by atoms with E-state index < -0.39 is 12.6 Å². The van der Waals surface area contributed by atoms with Gasteiger partial charge in [0.25, 0.3) is 0 Å². The zero-order valence-corrected chi connectivity index (χ0v) is 10.5. The van der Waals surface area contributed by atoms with E-state index in [0.29, 0.717) is 5.56 Å². The highest BCUT2D eigenvalue weighted by atomic mass is 19.3. The Bertz CT molecular complexity index is 775. The van der Waals surface area contributed by atoms with Crippen LogP contribution in [0.5, 0.6) is 23.0 Å². The number of hydrogen-bond donors (Lipinski definition) is 0. The number of fused-ring (bicyclic) bond motifs is 2. The molecule has 0 spiro atoms. The maximum absolute atomic E-state index is 13.2. The summed E-state index contributed by atoms with van der Waals surface area (Å²) in [4.78, 5) is 0. The van der Waals surface area contributed by atoms with Crippen LogP contribution in [0.3, 0.4) is 0 Å². The van der Waals surface area contributed by atoms with Gasteiger partial charge in [-0.15, -0.1) is 17.6 Å². The number of hydrogen-bond acceptors (Lipinski definition) is 4. The Hall–Kier alpha value is -2.64. The molecule has 2 aliphatic rings. The summed E-state index contributed by atoms with van der Waals surface area (Å²) in [5.74, 6) is -0.747. The summed E-state index contributed by atoms with van der Waals surface area (Å²) < 4.78 is 69.7. The molecule has 0 bridgehead atoms. The summed E-state index contributed by atoms with van der Waals surface area (Å²) in [6.07, 6.45) is -7.54. The second-order valence-electron chi connectivity index (χ2n) is 4.54. The van der Waals surface area contributed by atoms with Crippen LogP contribution in [-0.4, -0.2) is 12.6 Å². The normalized spacial score (nSPS) is 19.3. The first-order valence-electron chi connectivity index (χ1n) is 6.04. The summed E-state index contributed by atoms with van der Waals surface area (Å²) in [6.45, 7) is 0. The number of rotatable bonds is 1. The molecule has 22 heavy (non-hydrogen) atoms. The van der Waals surface area contributed by atoms with E-state index in [-0.39, 0.29) is 28.6 Å². The fourth-order valence-electron chi connectivity index (χ4n) is 2.23. The smallest absolute Gasteiger partial charge is 0.395 e. The van der Waals surface area contributed by atoms with Crippen LogP contribution in [0, 0.1) is 6.07 Å². The van der Waals surface area contributed by atoms with E-state index in [0.717, 1.165) is 0 Å². The second kappa shape index (κ2) is 3.96. The molecule has 2 aromatic carbocycles. The predicted molar refractivity (Wildman–Crippen MR) is 63.1 cm³/mol. The van der Waals surface area contributed by atoms with Crippen molar-refractivity contribution in [3.63, 3.8) is 0 Å². The Morgan fingerprint density at radius 3 is 2.27 bits per heavy atom. The largest absolute Gasteiger partial charge is 0.586 e. The predicted octanol–water partition coefficient (Wildman–Crippen LogP) is 3.80. The van der Waals surface area contributed by atoms with Gasteiger partial charge < -0.3 is 18.9 Å². The van der Waals surface area contributed by atoms with Crippen molar-refractivity contribution in [2.45, 2.75) is 12.6 Å². The Balaban J connectivity index is 1.78. The van der Waals surface area contributed by atoms with Crippen LogP contribution in [0.2, 0.25) is 0 Å². The Morgan fingerprint density at radius 2 is 1.45 bits per heavy atom. The summed E-state index contributed by atoms with van der Waals surface area (Å²) in [5, 5.41) is 0. The molecule has 113 valence electrons. The molecule has 0 fully saturated rings. The Labute approximate surface area is 120 Å². The SMILES string of the molecule is FC1(F)Oc2ccc(-c3[c]ccc4c3OC(F)(F)O4)cc2O1. The van der Waals surface area contributed by atoms with E-state index >= 15 is 0 Å². The van der Waals surface area contributed by atoms with Gasteiger partial charge in [-0.25, -0.2) is 0 Å². The van der Waals surface area contributed by atoms with Gasteiger partial charge >= 0.3 is 12.6 Å². The topological polar surface area (TPSA) is 36.9 Å². The summed E-state index contributed by atoms with van der Waals surface area (Å²) in [7, 11) is 0. The van der Waals surface area contributed by atoms with Gasteiger partial charge in [0.1, 0.15) is 0 Å². The molecule has 2 aromatic rings. The van der Waals surface area contributed by atoms with Crippen LogP contribution in [0.15, 0.2) is 30.3 Å². The summed E-state index contributed by atoms with van der Waals surface area (Å²) in [5.41, 5.74) is 0.425. The molecule has 1 radical (unpaired) electrons. The van der Waals surface area contributed by atoms with Gasteiger partial charge in [0.15, 0.2) is 23.0 Å². The number of alkyl halides is 4. The number of benzene rings is 2. The van der Waals surface area contributed by atoms with Crippen LogP contribution >= 0.6 is 0 Å². The van der Waals surface area contributed by atoms with E-state index in [1.807, 2.05) is 0 Å². The molecule has 0 N–H and O–H groups in total. The molecule has 0 saturated carbocycles. The van der Waals surface area contributed by atoms with Gasteiger partial charge in [0.05, 0.1) is 0 Å². The quantitative estimate of drug-likeness (QED) is 0.751. The van der Waals surface area contributed by atoms with Crippen LogP contribution in [0.4, 0.5) is 17.6 Å². The maximum atomic E-state index is 13.2. The molecular formula is C14H5F4O4. The van der Waals surface area contributed by atoms with Gasteiger partial charge in [0.2, 0.25) is 0 Å². The molecule has 2 aliphatic heterocycles. The lowest BCUT2D eigenvalue weighted by Gasteiger charge is -2.07. The average molecular weight is 313 g/mol. The van der Waals surface area contributed by atoms with Crippen molar-refractivity contribution in [1.82, 2.24) is 0 Å². The minimum atomic E-state index is -3.78. The first-order valence-corrected chi connectivity index (χ1v) is 6.04. The van der Waals surface area contributed by atoms with Crippen molar-refractivity contribution in [3.8, 4) is 34.1 Å². The van der Waals surface area contributed by atoms with Crippen molar-refractivity contribution in [3.05, 3.63) is 36.4 Å². The van der Waals surface area contributed by atoms with Crippen LogP contribution in [0.1, 0.15) is 0 Å². The van der Waals surface area contributed by atoms with Gasteiger partial charge in [-0.1, -0.05) is 6.07 Å². The van der Waals surface area contributed by atoms with Crippen molar-refractivity contribution in [1.29, 1.82) is 0 Å². The van der Waals surface area contributed by atoms with Gasteiger partial charge in [-0.3, -0.25) is 0 Å². The van der Waals surface area contributed by atoms with Gasteiger partial charge in [0, 0.05) is 5.56 Å². The zero-order chi connectivity index (χ0) is 15.5. The lowest BCUT2D eigenvalue weighted by molar-refractivity contribution is -0.287. The highest BCUT2D eigenvalue weighted by Crippen LogP contribution is 2.49. The van der Waals surface area contributed by atoms with Crippen LogP contribution < -0.4 is 18.9 Å². The van der Waals surface area contributed by atoms with Crippen molar-refractivity contribution < 1.29 is 36.5 Å². The fraction of sp³-hybridized carbons (Fsp3) is 0.143. The minimum absolute atomic E-state index is 0.135. The first kappa shape index (κ1) is 13.1. The molecule has 4 nitrogen and oxygen atoms in total. The van der Waals surface area contributed by atoms with Crippen LogP contribution in [-0.2, 0) is 0 Å². The van der Waals surface area contributed by atoms with Crippen molar-refractivity contribution >= 4 is 0 Å². The molecule has 0 aliphatic carbocycles. The molecule has 0 amide bonds. The first-order chi connectivity index (χ1) is 10.3. The number of halogens is 4. The standard InChI is InChI=1S/C14H5F4O4/c15-13(16)19-9-5-4-7(6-11(9)21-13)8-2-1-3-10-12(8)22-14(17,18)20-10/h1,3-6H. The van der Waals surface area contributed by atoms with E-state index in [1.165, 1.54) is 30.3 Å². The molecule has 0 saturated heterocycles. The average Bonchev–Trinajstić information content (AvgIpc) is 2.89. The van der Waals surface area contributed by atoms with Gasteiger partial charge in [-0.2, -0.15) is 0 Å². The van der Waals surface area contributed by atoms with Gasteiger partial charge in [-0.05, 0) is 35.9 Å². The van der Waals surface area contributed by atoms with E-state index in [9.17, 15) is 17.6 Å². The van der Waals surface area contributed by atoms with E-state index in [1.54, 1.807) is 0 Å². The monoisotopic (exact) mass is 313 g/mol. The molecular weight excluding hydrogens is 308 g/mol. The second-order valence-corrected chi connectivity index (χ2v) is 4.54. The third kappa shape index (κ3) is 1.99. The molecule has 2 heterocycles. The summed E-state index contributed by atoms with van der Waals surface area (Å²) in [6, 6.07) is 9.20. The highest BCUT2D eigenvalue weighted by molar-refractivity contribution is 5.76. The van der Waals surface area contributed by atoms with Crippen molar-refractivity contribution in [2.75, 3.05) is 0 Å². The van der Waals surface area contributed by atoms with Crippen LogP contribution in [0.25, 0.3) is 11.1 Å². The third-order valence-electron chi connectivity index (χ3n) is 3.05. The lowest BCUT2D eigenvalue weighted by atomic mass is 10.0.